The van der Waals surface area contributed by atoms with Crippen LogP contribution in [0, 0.1) is 18.6 Å². The summed E-state index contributed by atoms with van der Waals surface area (Å²) in [4.78, 5) is 17.4. The molecule has 0 fully saturated rings. The van der Waals surface area contributed by atoms with Crippen molar-refractivity contribution in [3.8, 4) is 5.69 Å². The van der Waals surface area contributed by atoms with Crippen molar-refractivity contribution in [2.45, 2.75) is 19.9 Å². The molecular formula is C17H14ClF2N3O. The van der Waals surface area contributed by atoms with Gasteiger partial charge in [-0.1, -0.05) is 17.7 Å². The maximum atomic E-state index is 14.0. The van der Waals surface area contributed by atoms with E-state index in [4.69, 9.17) is 17.3 Å². The van der Waals surface area contributed by atoms with Crippen LogP contribution in [0.4, 0.5) is 8.78 Å². The highest BCUT2D eigenvalue weighted by Gasteiger charge is 2.20. The largest absolute Gasteiger partial charge is 0.322 e. The van der Waals surface area contributed by atoms with Gasteiger partial charge in [0.1, 0.15) is 5.82 Å². The Kier molecular flexibility index (Phi) is 4.11. The summed E-state index contributed by atoms with van der Waals surface area (Å²) >= 11 is 6.13. The lowest BCUT2D eigenvalue weighted by Gasteiger charge is -2.18. The number of nitrogens with zero attached hydrogens (tertiary/aromatic N) is 2. The van der Waals surface area contributed by atoms with Crippen molar-refractivity contribution in [3.05, 3.63) is 68.7 Å². The summed E-state index contributed by atoms with van der Waals surface area (Å²) < 4.78 is 28.6. The third kappa shape index (κ3) is 2.48. The predicted molar refractivity (Wildman–Crippen MR) is 89.6 cm³/mol. The molecule has 4 nitrogen and oxygen atoms in total. The van der Waals surface area contributed by atoms with Crippen molar-refractivity contribution < 1.29 is 8.78 Å². The number of aromatic nitrogens is 2. The summed E-state index contributed by atoms with van der Waals surface area (Å²) in [5, 5.41) is 0.433. The third-order valence-electron chi connectivity index (χ3n) is 3.83. The lowest BCUT2D eigenvalue weighted by Crippen LogP contribution is -2.28. The first-order valence-electron chi connectivity index (χ1n) is 7.24. The van der Waals surface area contributed by atoms with E-state index in [-0.39, 0.29) is 27.5 Å². The lowest BCUT2D eigenvalue weighted by atomic mass is 10.1. The molecule has 0 amide bonds. The van der Waals surface area contributed by atoms with Gasteiger partial charge in [0.05, 0.1) is 27.7 Å². The Morgan fingerprint density at radius 2 is 1.96 bits per heavy atom. The monoisotopic (exact) mass is 349 g/mol. The van der Waals surface area contributed by atoms with E-state index in [9.17, 15) is 13.6 Å². The van der Waals surface area contributed by atoms with Gasteiger partial charge in [0.25, 0.3) is 5.56 Å². The number of nitrogens with two attached hydrogens (primary N) is 1. The summed E-state index contributed by atoms with van der Waals surface area (Å²) in [5.41, 5.74) is 6.04. The van der Waals surface area contributed by atoms with Gasteiger partial charge in [-0.25, -0.2) is 13.8 Å². The molecule has 0 aliphatic rings. The molecule has 1 atom stereocenters. The molecule has 3 aromatic rings. The van der Waals surface area contributed by atoms with Gasteiger partial charge >= 0.3 is 0 Å². The Bertz CT molecular complexity index is 1010. The van der Waals surface area contributed by atoms with E-state index < -0.39 is 23.2 Å². The van der Waals surface area contributed by atoms with E-state index in [2.05, 4.69) is 4.98 Å². The van der Waals surface area contributed by atoms with Gasteiger partial charge in [-0.05, 0) is 38.1 Å². The molecule has 1 heterocycles. The second-order valence-corrected chi connectivity index (χ2v) is 5.95. The van der Waals surface area contributed by atoms with Crippen molar-refractivity contribution >= 4 is 22.5 Å². The van der Waals surface area contributed by atoms with Crippen LogP contribution in [0.2, 0.25) is 5.02 Å². The summed E-state index contributed by atoms with van der Waals surface area (Å²) in [7, 11) is 0. The summed E-state index contributed by atoms with van der Waals surface area (Å²) in [6.45, 7) is 3.05. The average Bonchev–Trinajstić information content (AvgIpc) is 2.53. The molecule has 0 spiro atoms. The van der Waals surface area contributed by atoms with Crippen molar-refractivity contribution in [2.24, 2.45) is 5.73 Å². The van der Waals surface area contributed by atoms with E-state index in [1.54, 1.807) is 25.1 Å². The Labute approximate surface area is 141 Å². The van der Waals surface area contributed by atoms with Crippen LogP contribution in [0.3, 0.4) is 0 Å². The molecule has 0 bridgehead atoms. The van der Waals surface area contributed by atoms with E-state index >= 15 is 0 Å². The molecule has 0 unspecified atom stereocenters. The molecule has 124 valence electrons. The molecule has 2 aromatic carbocycles. The SMILES string of the molecule is Cc1c(-n2c([C@H](C)N)nc3cccc(Cl)c3c2=O)ccc(F)c1F. The quantitative estimate of drug-likeness (QED) is 0.768. The van der Waals surface area contributed by atoms with Crippen molar-refractivity contribution in [3.63, 3.8) is 0 Å². The minimum atomic E-state index is -1.02. The Morgan fingerprint density at radius 3 is 2.62 bits per heavy atom. The third-order valence-corrected chi connectivity index (χ3v) is 4.15. The number of benzene rings is 2. The highest BCUT2D eigenvalue weighted by atomic mass is 35.5. The second kappa shape index (κ2) is 5.96. The van der Waals surface area contributed by atoms with Gasteiger partial charge in [-0.2, -0.15) is 0 Å². The second-order valence-electron chi connectivity index (χ2n) is 5.54. The Morgan fingerprint density at radius 1 is 1.25 bits per heavy atom. The van der Waals surface area contributed by atoms with Crippen molar-refractivity contribution in [1.82, 2.24) is 9.55 Å². The van der Waals surface area contributed by atoms with Crippen molar-refractivity contribution in [2.75, 3.05) is 0 Å². The fraction of sp³-hybridized carbons (Fsp3) is 0.176. The van der Waals surface area contributed by atoms with Gasteiger partial charge in [0.2, 0.25) is 0 Å². The zero-order valence-corrected chi connectivity index (χ0v) is 13.7. The molecule has 7 heteroatoms. The van der Waals surface area contributed by atoms with Crippen LogP contribution in [-0.4, -0.2) is 9.55 Å². The average molecular weight is 350 g/mol. The van der Waals surface area contributed by atoms with Crippen LogP contribution in [0.15, 0.2) is 35.1 Å². The van der Waals surface area contributed by atoms with Crippen LogP contribution >= 0.6 is 11.6 Å². The molecule has 0 aliphatic carbocycles. The van der Waals surface area contributed by atoms with E-state index in [1.165, 1.54) is 17.6 Å². The minimum Gasteiger partial charge on any atom is -0.322 e. The van der Waals surface area contributed by atoms with Gasteiger partial charge in [0, 0.05) is 5.56 Å². The lowest BCUT2D eigenvalue weighted by molar-refractivity contribution is 0.501. The highest BCUT2D eigenvalue weighted by molar-refractivity contribution is 6.35. The maximum absolute atomic E-state index is 14.0. The molecule has 1 aromatic heterocycles. The highest BCUT2D eigenvalue weighted by Crippen LogP contribution is 2.25. The molecule has 2 N–H and O–H groups in total. The van der Waals surface area contributed by atoms with Crippen molar-refractivity contribution in [1.29, 1.82) is 0 Å². The van der Waals surface area contributed by atoms with Gasteiger partial charge in [-0.3, -0.25) is 9.36 Å². The van der Waals surface area contributed by atoms with Gasteiger partial charge < -0.3 is 5.73 Å². The fourth-order valence-electron chi connectivity index (χ4n) is 2.63. The number of hydrogen-bond acceptors (Lipinski definition) is 3. The van der Waals surface area contributed by atoms with E-state index in [0.29, 0.717) is 5.52 Å². The molecule has 0 radical (unpaired) electrons. The smallest absolute Gasteiger partial charge is 0.267 e. The first-order chi connectivity index (χ1) is 11.3. The predicted octanol–water partition coefficient (Wildman–Crippen LogP) is 3.65. The first kappa shape index (κ1) is 16.5. The summed E-state index contributed by atoms with van der Waals surface area (Å²) in [6, 6.07) is 6.58. The molecule has 0 saturated carbocycles. The summed E-state index contributed by atoms with van der Waals surface area (Å²) in [5.74, 6) is -1.77. The number of halogens is 3. The van der Waals surface area contributed by atoms with E-state index in [1.807, 2.05) is 0 Å². The van der Waals surface area contributed by atoms with Crippen LogP contribution in [0.5, 0.6) is 0 Å². The number of fused-ring (bicyclic) bond motifs is 1. The zero-order chi connectivity index (χ0) is 17.6. The number of rotatable bonds is 2. The number of hydrogen-bond donors (Lipinski definition) is 1. The zero-order valence-electron chi connectivity index (χ0n) is 13.0. The minimum absolute atomic E-state index is 0.00722. The summed E-state index contributed by atoms with van der Waals surface area (Å²) in [6.07, 6.45) is 0. The Hall–Kier alpha value is -2.31. The van der Waals surface area contributed by atoms with Gasteiger partial charge in [0.15, 0.2) is 11.6 Å². The molecular weight excluding hydrogens is 336 g/mol. The van der Waals surface area contributed by atoms with Crippen LogP contribution in [0.25, 0.3) is 16.6 Å². The molecule has 24 heavy (non-hydrogen) atoms. The van der Waals surface area contributed by atoms with E-state index in [0.717, 1.165) is 6.07 Å². The maximum Gasteiger partial charge on any atom is 0.267 e. The first-order valence-corrected chi connectivity index (χ1v) is 7.62. The topological polar surface area (TPSA) is 60.9 Å². The van der Waals surface area contributed by atoms with Crippen LogP contribution < -0.4 is 11.3 Å². The molecule has 3 rings (SSSR count). The molecule has 0 saturated heterocycles. The molecule has 0 aliphatic heterocycles. The normalized spacial score (nSPS) is 12.6. The van der Waals surface area contributed by atoms with Crippen LogP contribution in [-0.2, 0) is 0 Å². The fourth-order valence-corrected chi connectivity index (χ4v) is 2.88. The standard InChI is InChI=1S/C17H14ClF2N3O/c1-8-13(7-6-11(19)15(8)20)23-16(9(2)21)22-12-5-3-4-10(18)14(12)17(23)24/h3-7,9H,21H2,1-2H3/t9-/m0/s1. The van der Waals surface area contributed by atoms with Crippen LogP contribution in [0.1, 0.15) is 24.4 Å². The Balaban J connectivity index is 2.50. The van der Waals surface area contributed by atoms with Gasteiger partial charge in [-0.15, -0.1) is 0 Å².